The van der Waals surface area contributed by atoms with E-state index in [1.54, 1.807) is 31.3 Å². The number of ether oxygens (including phenoxy) is 3. The molecule has 4 aromatic rings. The lowest BCUT2D eigenvalue weighted by Crippen LogP contribution is -2.28. The molecule has 1 N–H and O–H groups in total. The maximum Gasteiger partial charge on any atom is 0.335 e. The Balaban J connectivity index is 1.44. The van der Waals surface area contributed by atoms with Crippen LogP contribution in [-0.4, -0.2) is 41.3 Å². The largest absolute Gasteiger partial charge is 0.497 e. The second-order valence-corrected chi connectivity index (χ2v) is 12.1. The molecular formula is C34H29IN2O6S. The number of aromatic carboxylic acids is 1. The Morgan fingerprint density at radius 3 is 2.27 bits per heavy atom. The van der Waals surface area contributed by atoms with Gasteiger partial charge in [-0.2, -0.15) is 0 Å². The molecule has 224 valence electrons. The Bertz CT molecular complexity index is 1740. The standard InChI is InChI=1S/C34H29IN2O6S/c1-21-4-6-23(7-5-21)20-43-31-28(35)16-24(17-29(31)42-3)18-30-32(38)37(19-22-8-10-25(11-9-22)33(39)40)34(44-30)36-26-12-14-27(41-2)15-13-26/h4-18H,19-20H2,1-3H3,(H,39,40)/b30-18-,36-34?. The highest BCUT2D eigenvalue weighted by atomic mass is 127. The Morgan fingerprint density at radius 2 is 1.64 bits per heavy atom. The zero-order chi connectivity index (χ0) is 31.2. The van der Waals surface area contributed by atoms with Gasteiger partial charge in [-0.25, -0.2) is 9.79 Å². The van der Waals surface area contributed by atoms with Crippen molar-refractivity contribution >= 4 is 63.2 Å². The fourth-order valence-electron chi connectivity index (χ4n) is 4.39. The van der Waals surface area contributed by atoms with E-state index in [0.29, 0.717) is 39.6 Å². The summed E-state index contributed by atoms with van der Waals surface area (Å²) in [5.41, 5.74) is 4.64. The molecule has 1 aliphatic rings. The zero-order valence-electron chi connectivity index (χ0n) is 24.2. The van der Waals surface area contributed by atoms with E-state index < -0.39 is 5.97 Å². The molecule has 0 aliphatic carbocycles. The third-order valence-corrected chi connectivity index (χ3v) is 8.59. The molecular weight excluding hydrogens is 691 g/mol. The van der Waals surface area contributed by atoms with Crippen LogP contribution in [0.4, 0.5) is 5.69 Å². The fourth-order valence-corrected chi connectivity index (χ4v) is 6.17. The van der Waals surface area contributed by atoms with E-state index in [4.69, 9.17) is 19.2 Å². The van der Waals surface area contributed by atoms with Gasteiger partial charge in [0.05, 0.1) is 40.5 Å². The molecule has 1 fully saturated rings. The maximum atomic E-state index is 13.8. The van der Waals surface area contributed by atoms with E-state index in [1.807, 2.05) is 73.7 Å². The smallest absolute Gasteiger partial charge is 0.335 e. The van der Waals surface area contributed by atoms with E-state index in [1.165, 1.54) is 29.5 Å². The summed E-state index contributed by atoms with van der Waals surface area (Å²) < 4.78 is 17.9. The Morgan fingerprint density at radius 1 is 0.955 bits per heavy atom. The summed E-state index contributed by atoms with van der Waals surface area (Å²) in [7, 11) is 3.19. The third-order valence-electron chi connectivity index (χ3n) is 6.78. The monoisotopic (exact) mass is 720 g/mol. The van der Waals surface area contributed by atoms with Crippen molar-refractivity contribution in [2.45, 2.75) is 20.1 Å². The molecule has 44 heavy (non-hydrogen) atoms. The summed E-state index contributed by atoms with van der Waals surface area (Å²) in [6.45, 7) is 2.67. The van der Waals surface area contributed by atoms with Crippen molar-refractivity contribution in [3.63, 3.8) is 0 Å². The number of hydrogen-bond acceptors (Lipinski definition) is 7. The molecule has 5 rings (SSSR count). The number of carbonyl (C=O) groups excluding carboxylic acids is 1. The summed E-state index contributed by atoms with van der Waals surface area (Å²) in [5, 5.41) is 9.77. The molecule has 0 radical (unpaired) electrons. The van der Waals surface area contributed by atoms with Crippen LogP contribution < -0.4 is 14.2 Å². The third kappa shape index (κ3) is 7.43. The number of methoxy groups -OCH3 is 2. The van der Waals surface area contributed by atoms with Crippen molar-refractivity contribution in [3.8, 4) is 17.2 Å². The highest BCUT2D eigenvalue weighted by molar-refractivity contribution is 14.1. The second kappa shape index (κ2) is 14.0. The number of halogens is 1. The van der Waals surface area contributed by atoms with Gasteiger partial charge in [-0.05, 0) is 113 Å². The van der Waals surface area contributed by atoms with E-state index in [9.17, 15) is 14.7 Å². The Hall–Kier alpha value is -4.29. The van der Waals surface area contributed by atoms with Crippen molar-refractivity contribution in [2.24, 2.45) is 4.99 Å². The van der Waals surface area contributed by atoms with E-state index in [2.05, 4.69) is 22.6 Å². The lowest BCUT2D eigenvalue weighted by atomic mass is 10.1. The van der Waals surface area contributed by atoms with Crippen LogP contribution in [0.5, 0.6) is 17.2 Å². The first-order valence-corrected chi connectivity index (χ1v) is 15.5. The van der Waals surface area contributed by atoms with Gasteiger partial charge in [-0.1, -0.05) is 42.0 Å². The average Bonchev–Trinajstić information content (AvgIpc) is 3.30. The van der Waals surface area contributed by atoms with E-state index in [0.717, 1.165) is 20.3 Å². The molecule has 0 saturated carbocycles. The molecule has 0 unspecified atom stereocenters. The molecule has 4 aromatic carbocycles. The normalized spacial score (nSPS) is 14.7. The number of carbonyl (C=O) groups is 2. The molecule has 1 aliphatic heterocycles. The number of nitrogens with zero attached hydrogens (tertiary/aromatic N) is 2. The Labute approximate surface area is 273 Å². The van der Waals surface area contributed by atoms with Crippen molar-refractivity contribution in [3.05, 3.63) is 121 Å². The number of benzene rings is 4. The summed E-state index contributed by atoms with van der Waals surface area (Å²) in [5.74, 6) is 0.685. The van der Waals surface area contributed by atoms with Crippen LogP contribution >= 0.6 is 34.4 Å². The summed E-state index contributed by atoms with van der Waals surface area (Å²) in [6.07, 6.45) is 1.82. The van der Waals surface area contributed by atoms with Gasteiger partial charge >= 0.3 is 5.97 Å². The Kier molecular flexibility index (Phi) is 9.91. The minimum absolute atomic E-state index is 0.179. The number of thioether (sulfide) groups is 1. The van der Waals surface area contributed by atoms with Gasteiger partial charge in [-0.15, -0.1) is 0 Å². The fraction of sp³-hybridized carbons (Fsp3) is 0.147. The molecule has 0 spiro atoms. The first kappa shape index (κ1) is 31.1. The van der Waals surface area contributed by atoms with Gasteiger partial charge in [0, 0.05) is 0 Å². The minimum Gasteiger partial charge on any atom is -0.497 e. The molecule has 8 nitrogen and oxygen atoms in total. The first-order chi connectivity index (χ1) is 21.2. The number of carboxylic acid groups (broad SMARTS) is 1. The quantitative estimate of drug-likeness (QED) is 0.133. The SMILES string of the molecule is COc1ccc(N=C2S/C(=C\c3cc(I)c(OCc4ccc(C)cc4)c(OC)c3)C(=O)N2Cc2ccc(C(=O)O)cc2)cc1. The number of aryl methyl sites for hydroxylation is 1. The van der Waals surface area contributed by atoms with Gasteiger partial charge in [0.25, 0.3) is 5.91 Å². The molecule has 0 bridgehead atoms. The molecule has 1 saturated heterocycles. The van der Waals surface area contributed by atoms with Crippen LogP contribution in [0, 0.1) is 10.5 Å². The second-order valence-electron chi connectivity index (χ2n) is 9.90. The molecule has 0 aromatic heterocycles. The van der Waals surface area contributed by atoms with Crippen LogP contribution in [0.1, 0.15) is 32.6 Å². The number of rotatable bonds is 10. The highest BCUT2D eigenvalue weighted by Gasteiger charge is 2.33. The summed E-state index contributed by atoms with van der Waals surface area (Å²) in [4.78, 5) is 31.9. The van der Waals surface area contributed by atoms with Crippen LogP contribution in [0.2, 0.25) is 0 Å². The van der Waals surface area contributed by atoms with Crippen LogP contribution in [-0.2, 0) is 17.9 Å². The number of carboxylic acids is 1. The number of aliphatic imine (C=N–C) groups is 1. The zero-order valence-corrected chi connectivity index (χ0v) is 27.2. The summed E-state index contributed by atoms with van der Waals surface area (Å²) >= 11 is 3.49. The van der Waals surface area contributed by atoms with Gasteiger partial charge in [0.2, 0.25) is 0 Å². The number of hydrogen-bond donors (Lipinski definition) is 1. The molecule has 1 amide bonds. The molecule has 10 heteroatoms. The van der Waals surface area contributed by atoms with Gasteiger partial charge in [-0.3, -0.25) is 9.69 Å². The highest BCUT2D eigenvalue weighted by Crippen LogP contribution is 2.39. The van der Waals surface area contributed by atoms with Crippen LogP contribution in [0.15, 0.2) is 94.8 Å². The molecule has 1 heterocycles. The minimum atomic E-state index is -1.01. The van der Waals surface area contributed by atoms with Gasteiger partial charge in [0.1, 0.15) is 12.4 Å². The van der Waals surface area contributed by atoms with Crippen LogP contribution in [0.3, 0.4) is 0 Å². The average molecular weight is 721 g/mol. The van der Waals surface area contributed by atoms with Crippen molar-refractivity contribution in [1.29, 1.82) is 0 Å². The predicted octanol–water partition coefficient (Wildman–Crippen LogP) is 7.70. The summed E-state index contributed by atoms with van der Waals surface area (Å²) in [6, 6.07) is 25.7. The lowest BCUT2D eigenvalue weighted by molar-refractivity contribution is -0.122. The van der Waals surface area contributed by atoms with Crippen molar-refractivity contribution in [2.75, 3.05) is 14.2 Å². The van der Waals surface area contributed by atoms with Crippen molar-refractivity contribution in [1.82, 2.24) is 4.90 Å². The molecule has 0 atom stereocenters. The first-order valence-electron chi connectivity index (χ1n) is 13.6. The van der Waals surface area contributed by atoms with Crippen molar-refractivity contribution < 1.29 is 28.9 Å². The van der Waals surface area contributed by atoms with E-state index in [-0.39, 0.29) is 18.0 Å². The maximum absolute atomic E-state index is 13.8. The van der Waals surface area contributed by atoms with Gasteiger partial charge in [0.15, 0.2) is 16.7 Å². The topological polar surface area (TPSA) is 97.7 Å². The van der Waals surface area contributed by atoms with Gasteiger partial charge < -0.3 is 19.3 Å². The number of amides is 1. The number of amidine groups is 1. The lowest BCUT2D eigenvalue weighted by Gasteiger charge is -2.16. The predicted molar refractivity (Wildman–Crippen MR) is 181 cm³/mol. The van der Waals surface area contributed by atoms with Crippen LogP contribution in [0.25, 0.3) is 6.08 Å². The van der Waals surface area contributed by atoms with E-state index >= 15 is 0 Å².